The summed E-state index contributed by atoms with van der Waals surface area (Å²) in [4.78, 5) is 53.5. The lowest BCUT2D eigenvalue weighted by Crippen LogP contribution is -2.39. The van der Waals surface area contributed by atoms with Crippen molar-refractivity contribution in [2.75, 3.05) is 39.3 Å². The molecular weight excluding hydrogens is 420 g/mol. The summed E-state index contributed by atoms with van der Waals surface area (Å²) < 4.78 is 4.28. The first kappa shape index (κ1) is 23.7. The maximum absolute atomic E-state index is 12.6. The van der Waals surface area contributed by atoms with Crippen molar-refractivity contribution in [3.63, 3.8) is 0 Å². The van der Waals surface area contributed by atoms with Crippen LogP contribution in [0.25, 0.3) is 11.2 Å². The highest BCUT2D eigenvalue weighted by atomic mass is 16.3. The minimum absolute atomic E-state index is 0.0678. The summed E-state index contributed by atoms with van der Waals surface area (Å²) in [5.41, 5.74) is -0.194. The van der Waals surface area contributed by atoms with Crippen LogP contribution in [-0.2, 0) is 30.2 Å². The topological polar surface area (TPSA) is 143 Å². The van der Waals surface area contributed by atoms with Crippen LogP contribution in [0.1, 0.15) is 13.3 Å². The molecule has 0 saturated carbocycles. The zero-order valence-electron chi connectivity index (χ0n) is 18.6. The smallest absolute Gasteiger partial charge is 0.332 e. The summed E-state index contributed by atoms with van der Waals surface area (Å²) in [6.45, 7) is 5.80. The maximum atomic E-state index is 12.6. The molecule has 0 aromatic carbocycles. The van der Waals surface area contributed by atoms with Crippen LogP contribution in [0.5, 0.6) is 0 Å². The number of rotatable bonds is 5. The van der Waals surface area contributed by atoms with Crippen molar-refractivity contribution in [2.24, 2.45) is 25.4 Å². The number of nitrogens with zero attached hydrogens (tertiary/aromatic N) is 6. The van der Waals surface area contributed by atoms with Gasteiger partial charge in [0.1, 0.15) is 0 Å². The molecule has 2 atom stereocenters. The van der Waals surface area contributed by atoms with Crippen molar-refractivity contribution < 1.29 is 19.8 Å². The van der Waals surface area contributed by atoms with E-state index in [0.29, 0.717) is 43.8 Å². The molecule has 2 unspecified atom stereocenters. The van der Waals surface area contributed by atoms with Gasteiger partial charge in [-0.15, -0.1) is 0 Å². The number of carbonyl (C=O) groups is 2. The molecule has 4 rings (SSSR count). The number of aryl methyl sites for hydroxylation is 1. The molecule has 12 heteroatoms. The van der Waals surface area contributed by atoms with Gasteiger partial charge in [-0.05, 0) is 5.92 Å². The van der Waals surface area contributed by atoms with E-state index in [1.165, 1.54) is 11.6 Å². The van der Waals surface area contributed by atoms with E-state index in [1.807, 2.05) is 11.8 Å². The molecule has 2 saturated heterocycles. The summed E-state index contributed by atoms with van der Waals surface area (Å²) in [6.07, 6.45) is 2.09. The number of carboxylic acid groups (broad SMARTS) is 1. The lowest BCUT2D eigenvalue weighted by molar-refractivity contribution is -0.130. The van der Waals surface area contributed by atoms with E-state index in [2.05, 4.69) is 9.88 Å². The Morgan fingerprint density at radius 3 is 2.50 bits per heavy atom. The Hall–Kier alpha value is -2.99. The second-order valence-electron chi connectivity index (χ2n) is 8.50. The zero-order valence-corrected chi connectivity index (χ0v) is 18.6. The van der Waals surface area contributed by atoms with Gasteiger partial charge < -0.3 is 24.6 Å². The van der Waals surface area contributed by atoms with Gasteiger partial charge in [0.25, 0.3) is 12.0 Å². The van der Waals surface area contributed by atoms with Gasteiger partial charge in [0, 0.05) is 65.2 Å². The molecule has 2 aromatic heterocycles. The van der Waals surface area contributed by atoms with Crippen LogP contribution < -0.4 is 11.2 Å². The van der Waals surface area contributed by atoms with E-state index in [0.717, 1.165) is 17.7 Å². The number of amides is 1. The van der Waals surface area contributed by atoms with Crippen molar-refractivity contribution in [1.82, 2.24) is 28.5 Å². The van der Waals surface area contributed by atoms with Crippen LogP contribution >= 0.6 is 0 Å². The quantitative estimate of drug-likeness (QED) is 0.513. The van der Waals surface area contributed by atoms with E-state index in [9.17, 15) is 19.5 Å². The van der Waals surface area contributed by atoms with Gasteiger partial charge in [0.2, 0.25) is 5.91 Å². The van der Waals surface area contributed by atoms with Crippen LogP contribution in [0.3, 0.4) is 0 Å². The molecular formula is C20H30N6O6. The Morgan fingerprint density at radius 1 is 1.22 bits per heavy atom. The van der Waals surface area contributed by atoms with Crippen LogP contribution in [0.4, 0.5) is 0 Å². The average Bonchev–Trinajstić information content (AvgIpc) is 3.45. The predicted octanol–water partition coefficient (Wildman–Crippen LogP) is -1.70. The number of hydrogen-bond donors (Lipinski definition) is 2. The number of aliphatic hydroxyl groups excluding tert-OH is 1. The Kier molecular flexibility index (Phi) is 6.84. The molecule has 0 radical (unpaired) electrons. The summed E-state index contributed by atoms with van der Waals surface area (Å²) >= 11 is 0. The van der Waals surface area contributed by atoms with Crippen molar-refractivity contribution in [2.45, 2.75) is 19.9 Å². The predicted molar refractivity (Wildman–Crippen MR) is 115 cm³/mol. The maximum Gasteiger partial charge on any atom is 0.332 e. The lowest BCUT2D eigenvalue weighted by atomic mass is 9.82. The van der Waals surface area contributed by atoms with E-state index in [-0.39, 0.29) is 35.9 Å². The Bertz CT molecular complexity index is 1120. The van der Waals surface area contributed by atoms with Gasteiger partial charge in [0.05, 0.1) is 12.9 Å². The second kappa shape index (κ2) is 9.25. The van der Waals surface area contributed by atoms with E-state index in [1.54, 1.807) is 17.9 Å². The van der Waals surface area contributed by atoms with Gasteiger partial charge in [-0.2, -0.15) is 0 Å². The lowest BCUT2D eigenvalue weighted by Gasteiger charge is -2.27. The highest BCUT2D eigenvalue weighted by Crippen LogP contribution is 2.42. The zero-order chi connectivity index (χ0) is 23.6. The van der Waals surface area contributed by atoms with Crippen molar-refractivity contribution in [3.8, 4) is 0 Å². The molecule has 1 amide bonds. The summed E-state index contributed by atoms with van der Waals surface area (Å²) in [5, 5.41) is 17.0. The Morgan fingerprint density at radius 2 is 1.91 bits per heavy atom. The third kappa shape index (κ3) is 3.95. The largest absolute Gasteiger partial charge is 0.483 e. The monoisotopic (exact) mass is 450 g/mol. The summed E-state index contributed by atoms with van der Waals surface area (Å²) in [6, 6.07) is 0. The number of aliphatic hydroxyl groups is 1. The third-order valence-corrected chi connectivity index (χ3v) is 6.67. The normalized spacial score (nSPS) is 22.6. The molecule has 2 N–H and O–H groups in total. The first-order valence-electron chi connectivity index (χ1n) is 10.5. The molecule has 2 fully saturated rings. The SMILES string of the molecule is CCC(=O)N1CC2CN(CCn3cnc4c3c(=O)n(C)c(=O)n4C)CC2(CO)C1.O=CO. The number of carbonyl (C=O) groups excluding carboxylic acids is 1. The summed E-state index contributed by atoms with van der Waals surface area (Å²) in [5.74, 6) is 0.404. The van der Waals surface area contributed by atoms with Crippen LogP contribution in [0.15, 0.2) is 15.9 Å². The number of fused-ring (bicyclic) bond motifs is 2. The number of imidazole rings is 1. The van der Waals surface area contributed by atoms with E-state index >= 15 is 0 Å². The van der Waals surface area contributed by atoms with Crippen LogP contribution in [0.2, 0.25) is 0 Å². The van der Waals surface area contributed by atoms with Crippen LogP contribution in [-0.4, -0.2) is 90.4 Å². The second-order valence-corrected chi connectivity index (χ2v) is 8.50. The molecule has 12 nitrogen and oxygen atoms in total. The van der Waals surface area contributed by atoms with Gasteiger partial charge in [-0.3, -0.25) is 23.5 Å². The average molecular weight is 450 g/mol. The molecule has 4 heterocycles. The molecule has 2 aliphatic rings. The number of aromatic nitrogens is 4. The molecule has 32 heavy (non-hydrogen) atoms. The van der Waals surface area contributed by atoms with Gasteiger partial charge in [-0.25, -0.2) is 9.78 Å². The molecule has 176 valence electrons. The first-order chi connectivity index (χ1) is 15.2. The fraction of sp³-hybridized carbons (Fsp3) is 0.650. The van der Waals surface area contributed by atoms with Crippen molar-refractivity contribution >= 4 is 23.5 Å². The van der Waals surface area contributed by atoms with Crippen LogP contribution in [0, 0.1) is 11.3 Å². The Labute approximate surface area is 184 Å². The number of hydrogen-bond acceptors (Lipinski definition) is 7. The van der Waals surface area contributed by atoms with Crippen molar-refractivity contribution in [3.05, 3.63) is 27.2 Å². The number of likely N-dealkylation sites (tertiary alicyclic amines) is 2. The molecule has 0 aliphatic carbocycles. The minimum atomic E-state index is -0.392. The van der Waals surface area contributed by atoms with E-state index < -0.39 is 5.69 Å². The molecule has 0 spiro atoms. The molecule has 0 bridgehead atoms. The molecule has 2 aromatic rings. The summed E-state index contributed by atoms with van der Waals surface area (Å²) in [7, 11) is 3.08. The van der Waals surface area contributed by atoms with Gasteiger partial charge in [-0.1, -0.05) is 6.92 Å². The van der Waals surface area contributed by atoms with Gasteiger partial charge in [0.15, 0.2) is 11.2 Å². The van der Waals surface area contributed by atoms with E-state index in [4.69, 9.17) is 9.90 Å². The fourth-order valence-corrected chi connectivity index (χ4v) is 4.91. The first-order valence-corrected chi connectivity index (χ1v) is 10.5. The highest BCUT2D eigenvalue weighted by molar-refractivity contribution is 5.76. The fourth-order valence-electron chi connectivity index (χ4n) is 4.91. The highest BCUT2D eigenvalue weighted by Gasteiger charge is 2.52. The molecule has 2 aliphatic heterocycles. The standard InChI is InChI=1S/C19H28N6O4.CH2O2/c1-4-14(27)25-8-13-7-23(9-19(13,10-25)11-26)5-6-24-12-20-16-15(24)17(28)22(3)18(29)21(16)2;2-1-3/h12-13,26H,4-11H2,1-3H3;1H,(H,2,3). The van der Waals surface area contributed by atoms with Gasteiger partial charge >= 0.3 is 5.69 Å². The minimum Gasteiger partial charge on any atom is -0.483 e. The Balaban J connectivity index is 0.000000913. The van der Waals surface area contributed by atoms with Crippen molar-refractivity contribution in [1.29, 1.82) is 0 Å². The third-order valence-electron chi connectivity index (χ3n) is 6.67.